The van der Waals surface area contributed by atoms with Crippen LogP contribution in [0.3, 0.4) is 0 Å². The van der Waals surface area contributed by atoms with Gasteiger partial charge in [0.1, 0.15) is 0 Å². The number of rotatable bonds is 7. The van der Waals surface area contributed by atoms with Crippen LogP contribution in [0.2, 0.25) is 0 Å². The lowest BCUT2D eigenvalue weighted by Crippen LogP contribution is -2.28. The van der Waals surface area contributed by atoms with E-state index in [4.69, 9.17) is 4.74 Å². The molecule has 1 heterocycles. The minimum absolute atomic E-state index is 0.439. The minimum atomic E-state index is 0.439. The van der Waals surface area contributed by atoms with Crippen LogP contribution in [0, 0.1) is 0 Å². The average molecular weight is 262 g/mol. The van der Waals surface area contributed by atoms with Gasteiger partial charge in [0.15, 0.2) is 0 Å². The number of hydrogen-bond donors (Lipinski definition) is 1. The summed E-state index contributed by atoms with van der Waals surface area (Å²) in [5, 5.41) is 3.22. The first-order chi connectivity index (χ1) is 9.29. The second-order valence-corrected chi connectivity index (χ2v) is 5.45. The Morgan fingerprint density at radius 1 is 1.32 bits per heavy atom. The molecule has 1 aromatic carbocycles. The number of nitrogens with one attached hydrogen (secondary N) is 1. The summed E-state index contributed by atoms with van der Waals surface area (Å²) in [4.78, 5) is 2.38. The standard InChI is InChI=1S/C16H26N2O/c1-17-10-9-14-6-3-4-7-15(14)12-18(2)13-16-8-5-11-19-16/h3-4,6-7,16-17H,5,8-13H2,1-2H3. The zero-order chi connectivity index (χ0) is 13.5. The Balaban J connectivity index is 1.89. The van der Waals surface area contributed by atoms with Gasteiger partial charge in [-0.05, 0) is 51.0 Å². The van der Waals surface area contributed by atoms with E-state index in [1.165, 1.54) is 24.0 Å². The second kappa shape index (κ2) is 7.63. The average Bonchev–Trinajstić information content (AvgIpc) is 2.90. The molecule has 2 rings (SSSR count). The van der Waals surface area contributed by atoms with Crippen molar-refractivity contribution < 1.29 is 4.74 Å². The predicted octanol–water partition coefficient (Wildman–Crippen LogP) is 2.06. The van der Waals surface area contributed by atoms with Gasteiger partial charge in [-0.1, -0.05) is 24.3 Å². The summed E-state index contributed by atoms with van der Waals surface area (Å²) < 4.78 is 5.70. The van der Waals surface area contributed by atoms with Gasteiger partial charge in [-0.25, -0.2) is 0 Å². The number of nitrogens with zero attached hydrogens (tertiary/aromatic N) is 1. The van der Waals surface area contributed by atoms with Crippen molar-refractivity contribution in [2.45, 2.75) is 31.9 Å². The lowest BCUT2D eigenvalue weighted by atomic mass is 10.0. The molecular weight excluding hydrogens is 236 g/mol. The quantitative estimate of drug-likeness (QED) is 0.814. The Labute approximate surface area is 116 Å². The first-order valence-electron chi connectivity index (χ1n) is 7.31. The first kappa shape index (κ1) is 14.5. The molecule has 1 aliphatic heterocycles. The molecule has 1 aliphatic rings. The summed E-state index contributed by atoms with van der Waals surface area (Å²) in [7, 11) is 4.20. The van der Waals surface area contributed by atoms with Gasteiger partial charge >= 0.3 is 0 Å². The maximum absolute atomic E-state index is 5.70. The molecule has 1 aromatic rings. The summed E-state index contributed by atoms with van der Waals surface area (Å²) in [5.41, 5.74) is 2.90. The summed E-state index contributed by atoms with van der Waals surface area (Å²) in [6, 6.07) is 8.76. The Morgan fingerprint density at radius 2 is 2.11 bits per heavy atom. The van der Waals surface area contributed by atoms with Crippen LogP contribution < -0.4 is 5.32 Å². The molecule has 1 atom stereocenters. The summed E-state index contributed by atoms with van der Waals surface area (Å²) >= 11 is 0. The highest BCUT2D eigenvalue weighted by molar-refractivity contribution is 5.27. The van der Waals surface area contributed by atoms with Crippen molar-refractivity contribution in [2.75, 3.05) is 33.8 Å². The Kier molecular flexibility index (Phi) is 5.83. The van der Waals surface area contributed by atoms with Crippen LogP contribution in [0.1, 0.15) is 24.0 Å². The fraction of sp³-hybridized carbons (Fsp3) is 0.625. The van der Waals surface area contributed by atoms with Gasteiger partial charge < -0.3 is 10.1 Å². The molecule has 1 fully saturated rings. The van der Waals surface area contributed by atoms with Crippen LogP contribution in [-0.4, -0.2) is 44.8 Å². The smallest absolute Gasteiger partial charge is 0.0702 e. The highest BCUT2D eigenvalue weighted by atomic mass is 16.5. The molecule has 3 nitrogen and oxygen atoms in total. The molecule has 0 spiro atoms. The van der Waals surface area contributed by atoms with E-state index < -0.39 is 0 Å². The minimum Gasteiger partial charge on any atom is -0.377 e. The Morgan fingerprint density at radius 3 is 2.79 bits per heavy atom. The summed E-state index contributed by atoms with van der Waals surface area (Å²) in [5.74, 6) is 0. The van der Waals surface area contributed by atoms with Crippen molar-refractivity contribution in [1.82, 2.24) is 10.2 Å². The predicted molar refractivity (Wildman–Crippen MR) is 79.4 cm³/mol. The summed E-state index contributed by atoms with van der Waals surface area (Å²) in [6.07, 6.45) is 3.97. The zero-order valence-electron chi connectivity index (χ0n) is 12.2. The molecule has 0 saturated carbocycles. The third kappa shape index (κ3) is 4.60. The topological polar surface area (TPSA) is 24.5 Å². The molecule has 106 valence electrons. The maximum atomic E-state index is 5.70. The maximum Gasteiger partial charge on any atom is 0.0702 e. The fourth-order valence-corrected chi connectivity index (χ4v) is 2.71. The van der Waals surface area contributed by atoms with Crippen LogP contribution in [-0.2, 0) is 17.7 Å². The molecule has 0 radical (unpaired) electrons. The molecule has 1 unspecified atom stereocenters. The molecule has 0 aliphatic carbocycles. The molecular formula is C16H26N2O. The SMILES string of the molecule is CNCCc1ccccc1CN(C)CC1CCCO1. The van der Waals surface area contributed by atoms with Crippen LogP contribution in [0.25, 0.3) is 0 Å². The molecule has 0 aromatic heterocycles. The van der Waals surface area contributed by atoms with Crippen LogP contribution in [0.5, 0.6) is 0 Å². The fourth-order valence-electron chi connectivity index (χ4n) is 2.71. The van der Waals surface area contributed by atoms with Gasteiger partial charge in [0.25, 0.3) is 0 Å². The van der Waals surface area contributed by atoms with Gasteiger partial charge in [-0.15, -0.1) is 0 Å². The molecule has 19 heavy (non-hydrogen) atoms. The zero-order valence-corrected chi connectivity index (χ0v) is 12.2. The van der Waals surface area contributed by atoms with E-state index in [2.05, 4.69) is 41.5 Å². The van der Waals surface area contributed by atoms with Crippen molar-refractivity contribution in [3.8, 4) is 0 Å². The van der Waals surface area contributed by atoms with Crippen molar-refractivity contribution in [1.29, 1.82) is 0 Å². The second-order valence-electron chi connectivity index (χ2n) is 5.45. The lowest BCUT2D eigenvalue weighted by molar-refractivity contribution is 0.0792. The first-order valence-corrected chi connectivity index (χ1v) is 7.31. The molecule has 0 amide bonds. The van der Waals surface area contributed by atoms with Crippen LogP contribution >= 0.6 is 0 Å². The van der Waals surface area contributed by atoms with Gasteiger partial charge in [-0.2, -0.15) is 0 Å². The van der Waals surface area contributed by atoms with E-state index in [0.717, 1.165) is 32.7 Å². The van der Waals surface area contributed by atoms with E-state index in [-0.39, 0.29) is 0 Å². The Hall–Kier alpha value is -0.900. The van der Waals surface area contributed by atoms with E-state index in [1.54, 1.807) is 0 Å². The normalized spacial score (nSPS) is 19.2. The summed E-state index contributed by atoms with van der Waals surface area (Å²) in [6.45, 7) is 4.03. The highest BCUT2D eigenvalue weighted by Gasteiger charge is 2.17. The molecule has 1 saturated heterocycles. The third-order valence-electron chi connectivity index (χ3n) is 3.74. The molecule has 3 heteroatoms. The monoisotopic (exact) mass is 262 g/mol. The molecule has 1 N–H and O–H groups in total. The van der Waals surface area contributed by atoms with Gasteiger partial charge in [0.2, 0.25) is 0 Å². The highest BCUT2D eigenvalue weighted by Crippen LogP contribution is 2.16. The van der Waals surface area contributed by atoms with Crippen molar-refractivity contribution in [3.63, 3.8) is 0 Å². The van der Waals surface area contributed by atoms with E-state index >= 15 is 0 Å². The van der Waals surface area contributed by atoms with Crippen molar-refractivity contribution in [2.24, 2.45) is 0 Å². The third-order valence-corrected chi connectivity index (χ3v) is 3.74. The van der Waals surface area contributed by atoms with Crippen molar-refractivity contribution >= 4 is 0 Å². The number of ether oxygens (including phenoxy) is 1. The van der Waals surface area contributed by atoms with Gasteiger partial charge in [0.05, 0.1) is 6.10 Å². The van der Waals surface area contributed by atoms with Crippen molar-refractivity contribution in [3.05, 3.63) is 35.4 Å². The number of likely N-dealkylation sites (N-methyl/N-ethyl adjacent to an activating group) is 2. The van der Waals surface area contributed by atoms with E-state index in [0.29, 0.717) is 6.10 Å². The van der Waals surface area contributed by atoms with Crippen LogP contribution in [0.15, 0.2) is 24.3 Å². The van der Waals surface area contributed by atoms with Crippen LogP contribution in [0.4, 0.5) is 0 Å². The van der Waals surface area contributed by atoms with E-state index in [9.17, 15) is 0 Å². The van der Waals surface area contributed by atoms with Gasteiger partial charge in [0, 0.05) is 19.7 Å². The Bertz CT molecular complexity index is 375. The van der Waals surface area contributed by atoms with E-state index in [1.807, 2.05) is 7.05 Å². The largest absolute Gasteiger partial charge is 0.377 e. The van der Waals surface area contributed by atoms with Gasteiger partial charge in [-0.3, -0.25) is 4.90 Å². The number of benzene rings is 1. The lowest BCUT2D eigenvalue weighted by Gasteiger charge is -2.22. The number of hydrogen-bond acceptors (Lipinski definition) is 3. The molecule has 0 bridgehead atoms.